The summed E-state index contributed by atoms with van der Waals surface area (Å²) in [5, 5.41) is 0. The van der Waals surface area contributed by atoms with Gasteiger partial charge in [-0.3, -0.25) is 0 Å². The molecule has 1 heterocycles. The Hall–Kier alpha value is -1.73. The van der Waals surface area contributed by atoms with Crippen molar-refractivity contribution in [2.24, 2.45) is 0 Å². The Labute approximate surface area is 166 Å². The standard InChI is InChI=1S/C16H26N4O6S2/c1-4-26-16(21)19-9-11-20(12-10-19)28(24,25)17-13-14-7-5-6-8-15(14)27(22,23)18(2)3/h5-8,17H,4,9-13H2,1-3H3. The van der Waals surface area contributed by atoms with E-state index in [4.69, 9.17) is 4.74 Å². The van der Waals surface area contributed by atoms with Gasteiger partial charge in [0, 0.05) is 46.8 Å². The first-order valence-electron chi connectivity index (χ1n) is 8.76. The lowest BCUT2D eigenvalue weighted by Crippen LogP contribution is -2.53. The van der Waals surface area contributed by atoms with Crippen molar-refractivity contribution in [1.82, 2.24) is 18.2 Å². The number of hydrogen-bond acceptors (Lipinski definition) is 6. The number of nitrogens with zero attached hydrogens (tertiary/aromatic N) is 3. The van der Waals surface area contributed by atoms with E-state index in [0.717, 1.165) is 4.31 Å². The predicted molar refractivity (Wildman–Crippen MR) is 103 cm³/mol. The Bertz CT molecular complexity index is 893. The highest BCUT2D eigenvalue weighted by atomic mass is 32.2. The molecule has 0 atom stereocenters. The lowest BCUT2D eigenvalue weighted by Gasteiger charge is -2.33. The number of sulfonamides is 1. The number of nitrogens with one attached hydrogen (secondary N) is 1. The summed E-state index contributed by atoms with van der Waals surface area (Å²) >= 11 is 0. The topological polar surface area (TPSA) is 116 Å². The van der Waals surface area contributed by atoms with E-state index in [1.165, 1.54) is 29.4 Å². The maximum atomic E-state index is 12.6. The number of carbonyl (C=O) groups is 1. The van der Waals surface area contributed by atoms with Crippen LogP contribution in [0.1, 0.15) is 12.5 Å². The van der Waals surface area contributed by atoms with Gasteiger partial charge in [-0.05, 0) is 18.6 Å². The first-order valence-corrected chi connectivity index (χ1v) is 11.6. The van der Waals surface area contributed by atoms with Gasteiger partial charge in [-0.1, -0.05) is 18.2 Å². The van der Waals surface area contributed by atoms with Crippen molar-refractivity contribution in [2.45, 2.75) is 18.4 Å². The number of rotatable bonds is 7. The zero-order chi connectivity index (χ0) is 20.9. The first kappa shape index (κ1) is 22.6. The lowest BCUT2D eigenvalue weighted by molar-refractivity contribution is 0.0932. The summed E-state index contributed by atoms with van der Waals surface area (Å²) in [5.74, 6) is 0. The van der Waals surface area contributed by atoms with Gasteiger partial charge in [0.2, 0.25) is 10.0 Å². The second kappa shape index (κ2) is 9.18. The summed E-state index contributed by atoms with van der Waals surface area (Å²) in [6.07, 6.45) is -0.463. The summed E-state index contributed by atoms with van der Waals surface area (Å²) in [6, 6.07) is 6.24. The van der Waals surface area contributed by atoms with Gasteiger partial charge in [0.05, 0.1) is 11.5 Å². The van der Waals surface area contributed by atoms with Crippen LogP contribution in [-0.4, -0.2) is 83.3 Å². The van der Waals surface area contributed by atoms with Crippen molar-refractivity contribution >= 4 is 26.3 Å². The molecule has 28 heavy (non-hydrogen) atoms. The molecule has 1 N–H and O–H groups in total. The molecule has 0 aromatic heterocycles. The highest BCUT2D eigenvalue weighted by Crippen LogP contribution is 2.19. The number of benzene rings is 1. The monoisotopic (exact) mass is 434 g/mol. The summed E-state index contributed by atoms with van der Waals surface area (Å²) in [5.41, 5.74) is 0.352. The maximum absolute atomic E-state index is 12.6. The molecule has 0 spiro atoms. The van der Waals surface area contributed by atoms with Gasteiger partial charge >= 0.3 is 6.09 Å². The minimum absolute atomic E-state index is 0.0508. The molecule has 0 saturated carbocycles. The molecule has 1 amide bonds. The summed E-state index contributed by atoms with van der Waals surface area (Å²) in [4.78, 5) is 13.2. The van der Waals surface area contributed by atoms with E-state index in [-0.39, 0.29) is 44.2 Å². The quantitative estimate of drug-likeness (QED) is 0.648. The van der Waals surface area contributed by atoms with Crippen molar-refractivity contribution < 1.29 is 26.4 Å². The normalized spacial score (nSPS) is 16.4. The third-order valence-electron chi connectivity index (χ3n) is 4.28. The van der Waals surface area contributed by atoms with Crippen molar-refractivity contribution in [1.29, 1.82) is 0 Å². The van der Waals surface area contributed by atoms with E-state index >= 15 is 0 Å². The molecule has 1 aromatic rings. The van der Waals surface area contributed by atoms with Gasteiger partial charge in [-0.15, -0.1) is 0 Å². The Morgan fingerprint density at radius 1 is 1.11 bits per heavy atom. The maximum Gasteiger partial charge on any atom is 0.409 e. The fraction of sp³-hybridized carbons (Fsp3) is 0.562. The molecule has 0 radical (unpaired) electrons. The van der Waals surface area contributed by atoms with Gasteiger partial charge in [0.1, 0.15) is 0 Å². The average Bonchev–Trinajstić information content (AvgIpc) is 2.67. The summed E-state index contributed by atoms with van der Waals surface area (Å²) < 4.78 is 59.7. The summed E-state index contributed by atoms with van der Waals surface area (Å²) in [7, 11) is -4.69. The van der Waals surface area contributed by atoms with Crippen LogP contribution in [0, 0.1) is 0 Å². The van der Waals surface area contributed by atoms with E-state index in [1.54, 1.807) is 25.1 Å². The molecule has 1 fully saturated rings. The van der Waals surface area contributed by atoms with Gasteiger partial charge in [-0.2, -0.15) is 17.4 Å². The molecular formula is C16H26N4O6S2. The lowest BCUT2D eigenvalue weighted by atomic mass is 10.2. The Morgan fingerprint density at radius 2 is 1.71 bits per heavy atom. The van der Waals surface area contributed by atoms with Crippen LogP contribution in [0.15, 0.2) is 29.2 Å². The van der Waals surface area contributed by atoms with E-state index < -0.39 is 26.3 Å². The van der Waals surface area contributed by atoms with Crippen molar-refractivity contribution in [3.63, 3.8) is 0 Å². The average molecular weight is 435 g/mol. The van der Waals surface area contributed by atoms with Crippen LogP contribution in [0.25, 0.3) is 0 Å². The largest absolute Gasteiger partial charge is 0.450 e. The number of piperazine rings is 1. The van der Waals surface area contributed by atoms with E-state index in [2.05, 4.69) is 4.72 Å². The van der Waals surface area contributed by atoms with E-state index in [1.807, 2.05) is 0 Å². The van der Waals surface area contributed by atoms with Crippen LogP contribution in [0.4, 0.5) is 4.79 Å². The number of ether oxygens (including phenoxy) is 1. The zero-order valence-corrected chi connectivity index (χ0v) is 17.8. The SMILES string of the molecule is CCOC(=O)N1CCN(S(=O)(=O)NCc2ccccc2S(=O)(=O)N(C)C)CC1. The molecule has 0 unspecified atom stereocenters. The van der Waals surface area contributed by atoms with Crippen LogP contribution < -0.4 is 4.72 Å². The highest BCUT2D eigenvalue weighted by Gasteiger charge is 2.29. The molecular weight excluding hydrogens is 408 g/mol. The van der Waals surface area contributed by atoms with Gasteiger partial charge < -0.3 is 9.64 Å². The fourth-order valence-electron chi connectivity index (χ4n) is 2.68. The smallest absolute Gasteiger partial charge is 0.409 e. The fourth-order valence-corrected chi connectivity index (χ4v) is 4.96. The van der Waals surface area contributed by atoms with Crippen LogP contribution in [-0.2, 0) is 31.5 Å². The Balaban J connectivity index is 2.05. The van der Waals surface area contributed by atoms with Crippen LogP contribution in [0.5, 0.6) is 0 Å². The molecule has 1 saturated heterocycles. The molecule has 1 aromatic carbocycles. The minimum atomic E-state index is -3.83. The van der Waals surface area contributed by atoms with Crippen molar-refractivity contribution in [3.8, 4) is 0 Å². The van der Waals surface area contributed by atoms with E-state index in [9.17, 15) is 21.6 Å². The second-order valence-corrected chi connectivity index (χ2v) is 10.2. The minimum Gasteiger partial charge on any atom is -0.450 e. The Morgan fingerprint density at radius 3 is 2.29 bits per heavy atom. The van der Waals surface area contributed by atoms with Crippen LogP contribution >= 0.6 is 0 Å². The van der Waals surface area contributed by atoms with Crippen LogP contribution in [0.2, 0.25) is 0 Å². The third-order valence-corrected chi connectivity index (χ3v) is 7.75. The van der Waals surface area contributed by atoms with Gasteiger partial charge in [0.25, 0.3) is 10.2 Å². The third kappa shape index (κ3) is 5.20. The molecule has 2 rings (SSSR count). The highest BCUT2D eigenvalue weighted by molar-refractivity contribution is 7.89. The van der Waals surface area contributed by atoms with Gasteiger partial charge in [0.15, 0.2) is 0 Å². The number of carbonyl (C=O) groups excluding carboxylic acids is 1. The zero-order valence-electron chi connectivity index (χ0n) is 16.2. The number of amides is 1. The Kier molecular flexibility index (Phi) is 7.39. The van der Waals surface area contributed by atoms with Gasteiger partial charge in [-0.25, -0.2) is 17.5 Å². The van der Waals surface area contributed by atoms with E-state index in [0.29, 0.717) is 5.56 Å². The molecule has 1 aliphatic rings. The predicted octanol–water partition coefficient (Wildman–Crippen LogP) is 0.0454. The first-order chi connectivity index (χ1) is 13.1. The molecule has 12 heteroatoms. The number of hydrogen-bond donors (Lipinski definition) is 1. The molecule has 10 nitrogen and oxygen atoms in total. The summed E-state index contributed by atoms with van der Waals surface area (Å²) in [6.45, 7) is 2.52. The molecule has 1 aliphatic heterocycles. The van der Waals surface area contributed by atoms with Crippen molar-refractivity contribution in [2.75, 3.05) is 46.9 Å². The van der Waals surface area contributed by atoms with Crippen LogP contribution in [0.3, 0.4) is 0 Å². The molecule has 0 aliphatic carbocycles. The molecule has 158 valence electrons. The second-order valence-electron chi connectivity index (χ2n) is 6.31. The molecule has 0 bridgehead atoms. The van der Waals surface area contributed by atoms with Crippen molar-refractivity contribution in [3.05, 3.63) is 29.8 Å².